The maximum absolute atomic E-state index is 13.0. The summed E-state index contributed by atoms with van der Waals surface area (Å²) in [5, 5.41) is 29.5. The summed E-state index contributed by atoms with van der Waals surface area (Å²) in [6.45, 7) is -0.375. The van der Waals surface area contributed by atoms with Gasteiger partial charge in [0.2, 0.25) is 0 Å². The molecule has 0 radical (unpaired) electrons. The second kappa shape index (κ2) is 22.4. The van der Waals surface area contributed by atoms with E-state index >= 15 is 0 Å². The van der Waals surface area contributed by atoms with Crippen LogP contribution in [0, 0.1) is 0 Å². The summed E-state index contributed by atoms with van der Waals surface area (Å²) in [4.78, 5) is 34.3. The zero-order chi connectivity index (χ0) is 48.0. The molecule has 0 aliphatic rings. The molecular weight excluding hydrogens is 873 g/mol. The van der Waals surface area contributed by atoms with Gasteiger partial charge < -0.3 is 44.5 Å². The first kappa shape index (κ1) is 46.4. The molecule has 9 rings (SSSR count). The van der Waals surface area contributed by atoms with Gasteiger partial charge in [-0.1, -0.05) is 97.1 Å². The van der Waals surface area contributed by atoms with Crippen LogP contribution in [0.4, 0.5) is 0 Å². The Bertz CT molecular complexity index is 3120. The van der Waals surface area contributed by atoms with Crippen LogP contribution in [0.15, 0.2) is 194 Å². The lowest BCUT2D eigenvalue weighted by Crippen LogP contribution is -2.33. The molecule has 7 aromatic carbocycles. The van der Waals surface area contributed by atoms with E-state index in [1.54, 1.807) is 93.3 Å². The highest BCUT2D eigenvalue weighted by Crippen LogP contribution is 2.36. The number of fused-ring (bicyclic) bond motifs is 2. The third-order valence-corrected chi connectivity index (χ3v) is 11.0. The number of methoxy groups -OCH3 is 2. The third kappa shape index (κ3) is 11.8. The summed E-state index contributed by atoms with van der Waals surface area (Å²) < 4.78 is 27.5. The molecule has 0 aliphatic heterocycles. The number of amides is 2. The fourth-order valence-corrected chi connectivity index (χ4v) is 7.48. The minimum atomic E-state index is -0.634. The normalized spacial score (nSPS) is 11.6. The smallest absolute Gasteiger partial charge is 0.258 e. The van der Waals surface area contributed by atoms with Crippen LogP contribution in [0.25, 0.3) is 21.8 Å². The number of hydrogen-bond donors (Lipinski definition) is 4. The third-order valence-electron chi connectivity index (χ3n) is 11.0. The number of carbonyl (C=O) groups is 2. The van der Waals surface area contributed by atoms with Crippen molar-refractivity contribution in [3.05, 3.63) is 217 Å². The quantitative estimate of drug-likeness (QED) is 0.0727. The van der Waals surface area contributed by atoms with Crippen LogP contribution in [0.2, 0.25) is 0 Å². The topological polar surface area (TPSA) is 171 Å². The highest BCUT2D eigenvalue weighted by molar-refractivity contribution is 5.87. The second-order valence-corrected chi connectivity index (χ2v) is 15.5. The Labute approximate surface area is 398 Å². The molecule has 13 heteroatoms. The van der Waals surface area contributed by atoms with Crippen LogP contribution in [0.3, 0.4) is 0 Å². The molecule has 0 saturated carbocycles. The fourth-order valence-electron chi connectivity index (χ4n) is 7.48. The Kier molecular flexibility index (Phi) is 15.1. The Morgan fingerprint density at radius 3 is 1.30 bits per heavy atom. The van der Waals surface area contributed by atoms with E-state index in [4.69, 9.17) is 23.7 Å². The summed E-state index contributed by atoms with van der Waals surface area (Å²) in [5.41, 5.74) is 3.65. The maximum Gasteiger partial charge on any atom is 0.258 e. The van der Waals surface area contributed by atoms with Gasteiger partial charge in [0, 0.05) is 34.3 Å². The molecular formula is C56H48N4O9. The van der Waals surface area contributed by atoms with E-state index in [1.807, 2.05) is 115 Å². The first-order valence-electron chi connectivity index (χ1n) is 21.9. The van der Waals surface area contributed by atoms with Crippen molar-refractivity contribution < 1.29 is 43.5 Å². The van der Waals surface area contributed by atoms with Crippen molar-refractivity contribution in [1.82, 2.24) is 20.6 Å². The van der Waals surface area contributed by atoms with E-state index < -0.39 is 12.1 Å². The van der Waals surface area contributed by atoms with Crippen molar-refractivity contribution in [2.24, 2.45) is 0 Å². The molecule has 4 N–H and O–H groups in total. The van der Waals surface area contributed by atoms with Gasteiger partial charge in [-0.15, -0.1) is 0 Å². The number of phenols is 2. The molecule has 2 amide bonds. The van der Waals surface area contributed by atoms with Crippen LogP contribution in [-0.4, -0.2) is 59.4 Å². The van der Waals surface area contributed by atoms with Gasteiger partial charge in [0.15, 0.2) is 13.2 Å². The molecule has 0 bridgehead atoms. The number of rotatable bonds is 16. The number of aromatic nitrogens is 2. The zero-order valence-electron chi connectivity index (χ0n) is 37.7. The maximum atomic E-state index is 13.0. The number of nitrogens with one attached hydrogen (secondary N) is 2. The first-order chi connectivity index (χ1) is 33.8. The lowest BCUT2D eigenvalue weighted by atomic mass is 9.96. The van der Waals surface area contributed by atoms with Gasteiger partial charge in [0.25, 0.3) is 11.8 Å². The highest BCUT2D eigenvalue weighted by Gasteiger charge is 2.24. The predicted molar refractivity (Wildman–Crippen MR) is 263 cm³/mol. The lowest BCUT2D eigenvalue weighted by Gasteiger charge is -2.22. The molecule has 2 aromatic heterocycles. The first-order valence-corrected chi connectivity index (χ1v) is 21.9. The number of hydrogen-bond acceptors (Lipinski definition) is 11. The van der Waals surface area contributed by atoms with E-state index in [0.717, 1.165) is 27.6 Å². The molecule has 0 saturated heterocycles. The summed E-state index contributed by atoms with van der Waals surface area (Å²) in [6, 6.07) is 53.8. The minimum Gasteiger partial charge on any atom is -0.505 e. The van der Waals surface area contributed by atoms with Gasteiger partial charge in [0.1, 0.15) is 57.0 Å². The molecule has 13 nitrogen and oxygen atoms in total. The Morgan fingerprint density at radius 1 is 0.449 bits per heavy atom. The molecule has 0 fully saturated rings. The van der Waals surface area contributed by atoms with Crippen molar-refractivity contribution in [2.75, 3.05) is 27.4 Å². The standard InChI is InChI=1S/C31H26N2O5.C25H22N2O4/c1-36-23-12-9-22(10-13-23)29(27-18-11-21-6-5-19-32-30(21)31(27)35)33-28(34)20-37-24-14-16-26(17-15-24)38-25-7-3-2-4-8-25;1-30-19-10-12-20(13-11-19)31-16-22(28)27-23(17-6-3-2-4-7-17)21-14-9-18-8-5-15-26-24(18)25(21)29/h2-19,29,35H,20H2,1H3,(H,33,34);2-15,23,29H,16H2,1H3,(H,27,28). The van der Waals surface area contributed by atoms with Crippen molar-refractivity contribution in [3.8, 4) is 46.0 Å². The predicted octanol–water partition coefficient (Wildman–Crippen LogP) is 10.3. The number of carbonyl (C=O) groups excluding carboxylic acids is 2. The molecule has 0 spiro atoms. The van der Waals surface area contributed by atoms with E-state index in [1.165, 1.54) is 0 Å². The van der Waals surface area contributed by atoms with Crippen LogP contribution in [-0.2, 0) is 9.59 Å². The molecule has 2 atom stereocenters. The number of aromatic hydroxyl groups is 2. The van der Waals surface area contributed by atoms with Crippen molar-refractivity contribution >= 4 is 33.6 Å². The van der Waals surface area contributed by atoms with Crippen LogP contribution < -0.4 is 34.3 Å². The summed E-state index contributed by atoms with van der Waals surface area (Å²) in [5.74, 6) is 3.27. The van der Waals surface area contributed by atoms with Crippen molar-refractivity contribution in [2.45, 2.75) is 12.1 Å². The molecule has 9 aromatic rings. The molecule has 2 heterocycles. The Balaban J connectivity index is 0.000000190. The van der Waals surface area contributed by atoms with Gasteiger partial charge in [-0.3, -0.25) is 19.6 Å². The highest BCUT2D eigenvalue weighted by atomic mass is 16.5. The van der Waals surface area contributed by atoms with Gasteiger partial charge in [0.05, 0.1) is 26.3 Å². The summed E-state index contributed by atoms with van der Waals surface area (Å²) in [7, 11) is 3.18. The molecule has 346 valence electrons. The van der Waals surface area contributed by atoms with E-state index in [9.17, 15) is 19.8 Å². The van der Waals surface area contributed by atoms with E-state index in [2.05, 4.69) is 20.6 Å². The van der Waals surface area contributed by atoms with Gasteiger partial charge >= 0.3 is 0 Å². The number of pyridine rings is 2. The number of nitrogens with zero attached hydrogens (tertiary/aromatic N) is 2. The largest absolute Gasteiger partial charge is 0.505 e. The van der Waals surface area contributed by atoms with Crippen LogP contribution in [0.5, 0.6) is 46.0 Å². The minimum absolute atomic E-state index is 0.0131. The average molecular weight is 921 g/mol. The molecule has 0 aliphatic carbocycles. The summed E-state index contributed by atoms with van der Waals surface area (Å²) >= 11 is 0. The molecule has 2 unspecified atom stereocenters. The monoisotopic (exact) mass is 920 g/mol. The van der Waals surface area contributed by atoms with Gasteiger partial charge in [-0.05, 0) is 96.1 Å². The van der Waals surface area contributed by atoms with Crippen molar-refractivity contribution in [3.63, 3.8) is 0 Å². The van der Waals surface area contributed by atoms with Crippen LogP contribution in [0.1, 0.15) is 34.3 Å². The van der Waals surface area contributed by atoms with Crippen LogP contribution >= 0.6 is 0 Å². The fraction of sp³-hybridized carbons (Fsp3) is 0.107. The Hall–Kier alpha value is -9.10. The van der Waals surface area contributed by atoms with E-state index in [-0.39, 0.29) is 36.5 Å². The number of benzene rings is 7. The second-order valence-electron chi connectivity index (χ2n) is 15.5. The van der Waals surface area contributed by atoms with Crippen molar-refractivity contribution in [1.29, 1.82) is 0 Å². The summed E-state index contributed by atoms with van der Waals surface area (Å²) in [6.07, 6.45) is 3.25. The lowest BCUT2D eigenvalue weighted by molar-refractivity contribution is -0.124. The SMILES string of the molecule is COc1ccc(C(NC(=O)COc2ccc(Oc3ccccc3)cc2)c2ccc3cccnc3c2O)cc1.COc1ccc(OCC(=O)NC(c2ccccc2)c2ccc3cccnc3c2O)cc1. The average Bonchev–Trinajstić information content (AvgIpc) is 3.40. The number of ether oxygens (including phenoxy) is 5. The zero-order valence-corrected chi connectivity index (χ0v) is 37.7. The van der Waals surface area contributed by atoms with Gasteiger partial charge in [-0.25, -0.2) is 0 Å². The molecule has 69 heavy (non-hydrogen) atoms. The van der Waals surface area contributed by atoms with E-state index in [0.29, 0.717) is 50.9 Å². The van der Waals surface area contributed by atoms with Gasteiger partial charge in [-0.2, -0.15) is 0 Å². The Morgan fingerprint density at radius 2 is 0.841 bits per heavy atom. The number of para-hydroxylation sites is 1. The number of phenolic OH excluding ortho intramolecular Hbond substituents is 2.